The number of nitrogens with zero attached hydrogens (tertiary/aromatic N) is 3. The first-order valence-corrected chi connectivity index (χ1v) is 10.9. The molecule has 4 heterocycles. The Morgan fingerprint density at radius 2 is 1.74 bits per heavy atom. The molecule has 7 heteroatoms. The molecule has 0 spiro atoms. The van der Waals surface area contributed by atoms with E-state index in [0.29, 0.717) is 24.4 Å². The van der Waals surface area contributed by atoms with Gasteiger partial charge in [-0.15, -0.1) is 0 Å². The van der Waals surface area contributed by atoms with Crippen LogP contribution in [0.3, 0.4) is 0 Å². The van der Waals surface area contributed by atoms with Crippen LogP contribution in [0.1, 0.15) is 58.9 Å². The summed E-state index contributed by atoms with van der Waals surface area (Å²) in [6.45, 7) is 3.30. The molecule has 160 valence electrons. The van der Waals surface area contributed by atoms with Crippen LogP contribution in [0.2, 0.25) is 0 Å². The fraction of sp³-hybridized carbons (Fsp3) is 0.417. The number of fused-ring (bicyclic) bond motifs is 1. The minimum atomic E-state index is -0.705. The van der Waals surface area contributed by atoms with E-state index in [9.17, 15) is 14.4 Å². The number of ether oxygens (including phenoxy) is 1. The fourth-order valence-corrected chi connectivity index (χ4v) is 4.82. The van der Waals surface area contributed by atoms with E-state index in [1.54, 1.807) is 0 Å². The molecule has 2 fully saturated rings. The van der Waals surface area contributed by atoms with E-state index < -0.39 is 18.0 Å². The highest BCUT2D eigenvalue weighted by Crippen LogP contribution is 2.32. The minimum absolute atomic E-state index is 0.150. The zero-order chi connectivity index (χ0) is 21.4. The van der Waals surface area contributed by atoms with E-state index in [4.69, 9.17) is 9.72 Å². The normalized spacial score (nSPS) is 22.5. The van der Waals surface area contributed by atoms with Crippen LogP contribution in [0.4, 0.5) is 0 Å². The summed E-state index contributed by atoms with van der Waals surface area (Å²) in [7, 11) is 0. The molecule has 0 bridgehead atoms. The van der Waals surface area contributed by atoms with Crippen molar-refractivity contribution in [2.45, 2.75) is 50.7 Å². The van der Waals surface area contributed by atoms with Crippen molar-refractivity contribution in [2.75, 3.05) is 13.1 Å². The number of esters is 2. The molecule has 31 heavy (non-hydrogen) atoms. The second-order valence-electron chi connectivity index (χ2n) is 8.55. The molecule has 1 aromatic carbocycles. The maximum absolute atomic E-state index is 12.8. The van der Waals surface area contributed by atoms with E-state index in [1.165, 1.54) is 10.5 Å². The van der Waals surface area contributed by atoms with Crippen LogP contribution in [-0.2, 0) is 27.4 Å². The van der Waals surface area contributed by atoms with Crippen LogP contribution in [0.5, 0.6) is 0 Å². The summed E-state index contributed by atoms with van der Waals surface area (Å²) in [4.78, 5) is 45.0. The number of piperidine rings is 1. The predicted octanol–water partition coefficient (Wildman–Crippen LogP) is 2.65. The van der Waals surface area contributed by atoms with Gasteiger partial charge >= 0.3 is 11.9 Å². The molecule has 0 radical (unpaired) electrons. The highest BCUT2D eigenvalue weighted by molar-refractivity contribution is 6.01. The lowest BCUT2D eigenvalue weighted by Crippen LogP contribution is -2.46. The lowest BCUT2D eigenvalue weighted by molar-refractivity contribution is -0.167. The standard InChI is InChI=1S/C24H25N3O4/c28-22-9-8-21(24(30)31-22)27-15-20-18(23(27)29)6-7-19(25-20)17-10-12-26(13-11-17)14-16-4-2-1-3-5-16/h1-7,17,21H,8-15H2. The van der Waals surface area contributed by atoms with Crippen LogP contribution in [-0.4, -0.2) is 51.8 Å². The van der Waals surface area contributed by atoms with Gasteiger partial charge in [-0.1, -0.05) is 30.3 Å². The van der Waals surface area contributed by atoms with Crippen molar-refractivity contribution >= 4 is 17.8 Å². The maximum Gasteiger partial charge on any atom is 0.336 e. The third kappa shape index (κ3) is 3.97. The molecule has 1 atom stereocenters. The number of benzene rings is 1. The molecular weight excluding hydrogens is 394 g/mol. The Hall–Kier alpha value is -3.06. The zero-order valence-corrected chi connectivity index (χ0v) is 17.3. The van der Waals surface area contributed by atoms with Crippen molar-refractivity contribution in [3.05, 3.63) is 65.0 Å². The number of carbonyl (C=O) groups is 3. The summed E-state index contributed by atoms with van der Waals surface area (Å²) in [6, 6.07) is 13.6. The average Bonchev–Trinajstić information content (AvgIpc) is 3.10. The fourth-order valence-electron chi connectivity index (χ4n) is 4.82. The monoisotopic (exact) mass is 419 g/mol. The summed E-state index contributed by atoms with van der Waals surface area (Å²) < 4.78 is 4.73. The molecule has 2 aromatic rings. The summed E-state index contributed by atoms with van der Waals surface area (Å²) >= 11 is 0. The Balaban J connectivity index is 1.24. The molecule has 1 unspecified atom stereocenters. The molecule has 5 rings (SSSR count). The molecular formula is C24H25N3O4. The van der Waals surface area contributed by atoms with Crippen molar-refractivity contribution in [1.29, 1.82) is 0 Å². The molecule has 1 amide bonds. The number of rotatable bonds is 4. The molecule has 1 aromatic heterocycles. The first kappa shape index (κ1) is 19.9. The molecule has 0 aliphatic carbocycles. The average molecular weight is 419 g/mol. The van der Waals surface area contributed by atoms with Crippen molar-refractivity contribution < 1.29 is 19.1 Å². The number of cyclic esters (lactones) is 2. The number of likely N-dealkylation sites (tertiary alicyclic amines) is 1. The number of aromatic nitrogens is 1. The van der Waals surface area contributed by atoms with Gasteiger partial charge in [0.15, 0.2) is 0 Å². The van der Waals surface area contributed by atoms with Crippen molar-refractivity contribution in [3.8, 4) is 0 Å². The minimum Gasteiger partial charge on any atom is -0.392 e. The van der Waals surface area contributed by atoms with Gasteiger partial charge in [0.25, 0.3) is 5.91 Å². The predicted molar refractivity (Wildman–Crippen MR) is 112 cm³/mol. The van der Waals surface area contributed by atoms with Crippen molar-refractivity contribution in [3.63, 3.8) is 0 Å². The number of hydrogen-bond acceptors (Lipinski definition) is 6. The molecule has 7 nitrogen and oxygen atoms in total. The van der Waals surface area contributed by atoms with Gasteiger partial charge in [0.05, 0.1) is 17.8 Å². The summed E-state index contributed by atoms with van der Waals surface area (Å²) in [5.41, 5.74) is 3.63. The van der Waals surface area contributed by atoms with Gasteiger partial charge in [-0.2, -0.15) is 0 Å². The lowest BCUT2D eigenvalue weighted by atomic mass is 9.92. The summed E-state index contributed by atoms with van der Waals surface area (Å²) in [5.74, 6) is -0.991. The van der Waals surface area contributed by atoms with E-state index in [-0.39, 0.29) is 12.3 Å². The van der Waals surface area contributed by atoms with Gasteiger partial charge in [0, 0.05) is 24.6 Å². The lowest BCUT2D eigenvalue weighted by Gasteiger charge is -2.31. The topological polar surface area (TPSA) is 79.8 Å². The Labute approximate surface area is 181 Å². The summed E-state index contributed by atoms with van der Waals surface area (Å²) in [6.07, 6.45) is 2.53. The second-order valence-corrected chi connectivity index (χ2v) is 8.55. The Bertz CT molecular complexity index is 1010. The van der Waals surface area contributed by atoms with E-state index in [1.807, 2.05) is 18.2 Å². The highest BCUT2D eigenvalue weighted by Gasteiger charge is 2.41. The largest absolute Gasteiger partial charge is 0.392 e. The molecule has 0 N–H and O–H groups in total. The Kier molecular flexibility index (Phi) is 5.28. The van der Waals surface area contributed by atoms with Gasteiger partial charge in [-0.05, 0) is 50.0 Å². The van der Waals surface area contributed by atoms with E-state index >= 15 is 0 Å². The van der Waals surface area contributed by atoms with Crippen LogP contribution < -0.4 is 0 Å². The van der Waals surface area contributed by atoms with Gasteiger partial charge in [0.2, 0.25) is 0 Å². The molecule has 0 saturated carbocycles. The first-order valence-electron chi connectivity index (χ1n) is 10.9. The quantitative estimate of drug-likeness (QED) is 0.560. The third-order valence-electron chi connectivity index (χ3n) is 6.55. The van der Waals surface area contributed by atoms with E-state index in [2.05, 4.69) is 29.2 Å². The van der Waals surface area contributed by atoms with Gasteiger partial charge in [0.1, 0.15) is 6.04 Å². The van der Waals surface area contributed by atoms with Crippen LogP contribution in [0, 0.1) is 0 Å². The highest BCUT2D eigenvalue weighted by atomic mass is 16.6. The van der Waals surface area contributed by atoms with E-state index in [0.717, 1.165) is 43.9 Å². The van der Waals surface area contributed by atoms with Crippen LogP contribution in [0.15, 0.2) is 42.5 Å². The molecule has 3 aliphatic rings. The summed E-state index contributed by atoms with van der Waals surface area (Å²) in [5, 5.41) is 0. The smallest absolute Gasteiger partial charge is 0.336 e. The van der Waals surface area contributed by atoms with Crippen LogP contribution >= 0.6 is 0 Å². The number of carbonyl (C=O) groups excluding carboxylic acids is 3. The Morgan fingerprint density at radius 3 is 2.48 bits per heavy atom. The first-order chi connectivity index (χ1) is 15.1. The zero-order valence-electron chi connectivity index (χ0n) is 17.3. The molecule has 3 aliphatic heterocycles. The van der Waals surface area contributed by atoms with Gasteiger partial charge in [-0.3, -0.25) is 19.5 Å². The SMILES string of the molecule is O=C1CCC(N2Cc3nc(C4CCN(Cc5ccccc5)CC4)ccc3C2=O)C(=O)O1. The second kappa shape index (κ2) is 8.23. The van der Waals surface area contributed by atoms with Gasteiger partial charge in [-0.25, -0.2) is 4.79 Å². The number of hydrogen-bond donors (Lipinski definition) is 0. The van der Waals surface area contributed by atoms with Gasteiger partial charge < -0.3 is 9.64 Å². The number of amides is 1. The maximum atomic E-state index is 12.8. The number of pyridine rings is 1. The Morgan fingerprint density at radius 1 is 0.968 bits per heavy atom. The van der Waals surface area contributed by atoms with Crippen molar-refractivity contribution in [1.82, 2.24) is 14.8 Å². The van der Waals surface area contributed by atoms with Crippen molar-refractivity contribution in [2.24, 2.45) is 0 Å². The van der Waals surface area contributed by atoms with Crippen LogP contribution in [0.25, 0.3) is 0 Å². The molecule has 2 saturated heterocycles. The third-order valence-corrected chi connectivity index (χ3v) is 6.55.